The van der Waals surface area contributed by atoms with Gasteiger partial charge in [-0.1, -0.05) is 30.3 Å². The molecule has 4 N–H and O–H groups in total. The molecule has 0 unspecified atom stereocenters. The molecule has 4 rings (SSSR count). The number of anilines is 1. The summed E-state index contributed by atoms with van der Waals surface area (Å²) in [7, 11) is 0. The third-order valence-electron chi connectivity index (χ3n) is 4.98. The molecule has 1 fully saturated rings. The molecule has 0 saturated heterocycles. The van der Waals surface area contributed by atoms with Crippen molar-refractivity contribution in [3.05, 3.63) is 76.0 Å². The molecule has 3 aromatic rings. The molecular weight excluding hydrogens is 368 g/mol. The van der Waals surface area contributed by atoms with Crippen molar-refractivity contribution in [3.63, 3.8) is 0 Å². The summed E-state index contributed by atoms with van der Waals surface area (Å²) in [5.41, 5.74) is 9.90. The van der Waals surface area contributed by atoms with E-state index >= 15 is 0 Å². The topological polar surface area (TPSA) is 103 Å². The van der Waals surface area contributed by atoms with Gasteiger partial charge in [-0.05, 0) is 53.1 Å². The Labute approximate surface area is 166 Å². The molecule has 6 heteroatoms. The van der Waals surface area contributed by atoms with Gasteiger partial charge in [0.25, 0.3) is 0 Å². The van der Waals surface area contributed by atoms with E-state index in [4.69, 9.17) is 16.4 Å². The average molecular weight is 386 g/mol. The highest BCUT2D eigenvalue weighted by Gasteiger charge is 2.44. The van der Waals surface area contributed by atoms with Crippen LogP contribution in [-0.2, 0) is 4.79 Å². The first-order valence-corrected chi connectivity index (χ1v) is 9.78. The number of thiophene rings is 1. The molecule has 2 aromatic carbocycles. The van der Waals surface area contributed by atoms with Crippen molar-refractivity contribution in [2.75, 3.05) is 5.32 Å². The number of hydrogen-bond donors (Lipinski definition) is 3. The first-order valence-electron chi connectivity index (χ1n) is 8.90. The molecule has 1 aliphatic rings. The smallest absolute Gasteiger partial charge is 0.228 e. The van der Waals surface area contributed by atoms with Crippen LogP contribution in [0.5, 0.6) is 0 Å². The number of nitrogens with zero attached hydrogens (tertiary/aromatic N) is 1. The Morgan fingerprint density at radius 2 is 2.00 bits per heavy atom. The predicted molar refractivity (Wildman–Crippen MR) is 111 cm³/mol. The molecule has 0 aliphatic heterocycles. The van der Waals surface area contributed by atoms with E-state index in [-0.39, 0.29) is 23.6 Å². The number of nitrogens with two attached hydrogens (primary N) is 1. The second-order valence-corrected chi connectivity index (χ2v) is 7.75. The van der Waals surface area contributed by atoms with E-state index in [1.54, 1.807) is 6.07 Å². The van der Waals surface area contributed by atoms with Gasteiger partial charge in [-0.15, -0.1) is 11.3 Å². The van der Waals surface area contributed by atoms with Crippen LogP contribution in [0.2, 0.25) is 0 Å². The van der Waals surface area contributed by atoms with Gasteiger partial charge >= 0.3 is 0 Å². The molecule has 2 atom stereocenters. The summed E-state index contributed by atoms with van der Waals surface area (Å²) in [4.78, 5) is 13.3. The highest BCUT2D eigenvalue weighted by atomic mass is 32.1. The first-order chi connectivity index (χ1) is 13.6. The van der Waals surface area contributed by atoms with Crippen molar-refractivity contribution in [3.8, 4) is 17.2 Å². The second-order valence-electron chi connectivity index (χ2n) is 6.83. The van der Waals surface area contributed by atoms with Crippen LogP contribution in [0, 0.1) is 22.7 Å². The van der Waals surface area contributed by atoms with Gasteiger partial charge in [0, 0.05) is 22.7 Å². The fourth-order valence-corrected chi connectivity index (χ4v) is 4.09. The molecule has 138 valence electrons. The van der Waals surface area contributed by atoms with Crippen molar-refractivity contribution in [2.24, 2.45) is 11.7 Å². The molecule has 1 amide bonds. The molecule has 5 nitrogen and oxygen atoms in total. The SMILES string of the molecule is N#Cc1sccc1-c1ccc(NC(=O)[C@@H]2C[C@@H]2c2cccc(C(=N)N)c2)cc1. The monoisotopic (exact) mass is 386 g/mol. The van der Waals surface area contributed by atoms with E-state index in [9.17, 15) is 4.79 Å². The number of nitrogens with one attached hydrogen (secondary N) is 2. The summed E-state index contributed by atoms with van der Waals surface area (Å²) in [6, 6.07) is 19.2. The van der Waals surface area contributed by atoms with Crippen molar-refractivity contribution in [1.82, 2.24) is 0 Å². The van der Waals surface area contributed by atoms with E-state index in [2.05, 4.69) is 11.4 Å². The number of rotatable bonds is 5. The lowest BCUT2D eigenvalue weighted by Gasteiger charge is -2.07. The molecule has 0 bridgehead atoms. The fourth-order valence-electron chi connectivity index (χ4n) is 3.38. The third kappa shape index (κ3) is 3.53. The van der Waals surface area contributed by atoms with E-state index in [1.807, 2.05) is 53.9 Å². The lowest BCUT2D eigenvalue weighted by molar-refractivity contribution is -0.117. The van der Waals surface area contributed by atoms with Crippen LogP contribution in [-0.4, -0.2) is 11.7 Å². The van der Waals surface area contributed by atoms with Gasteiger partial charge in [-0.3, -0.25) is 10.2 Å². The maximum atomic E-state index is 12.6. The molecule has 1 aromatic heterocycles. The van der Waals surface area contributed by atoms with Crippen LogP contribution in [0.25, 0.3) is 11.1 Å². The number of nitrogen functional groups attached to an aromatic ring is 1. The lowest BCUT2D eigenvalue weighted by atomic mass is 10.0. The minimum Gasteiger partial charge on any atom is -0.384 e. The van der Waals surface area contributed by atoms with Crippen LogP contribution < -0.4 is 11.1 Å². The molecule has 0 spiro atoms. The summed E-state index contributed by atoms with van der Waals surface area (Å²) >= 11 is 1.42. The molecule has 0 radical (unpaired) electrons. The normalized spacial score (nSPS) is 17.5. The minimum atomic E-state index is -0.0658. The lowest BCUT2D eigenvalue weighted by Crippen LogP contribution is -2.14. The Morgan fingerprint density at radius 3 is 2.71 bits per heavy atom. The zero-order valence-electron chi connectivity index (χ0n) is 15.0. The van der Waals surface area contributed by atoms with Crippen LogP contribution >= 0.6 is 11.3 Å². The van der Waals surface area contributed by atoms with Gasteiger partial charge in [0.2, 0.25) is 5.91 Å². The third-order valence-corrected chi connectivity index (χ3v) is 5.80. The number of hydrogen-bond acceptors (Lipinski definition) is 4. The highest BCUT2D eigenvalue weighted by molar-refractivity contribution is 7.11. The van der Waals surface area contributed by atoms with E-state index in [0.29, 0.717) is 10.4 Å². The van der Waals surface area contributed by atoms with Crippen molar-refractivity contribution < 1.29 is 4.79 Å². The molecular formula is C22H18N4OS. The van der Waals surface area contributed by atoms with Crippen molar-refractivity contribution >= 4 is 28.8 Å². The summed E-state index contributed by atoms with van der Waals surface area (Å²) in [5, 5.41) is 21.6. The number of amides is 1. The Balaban J connectivity index is 1.42. The van der Waals surface area contributed by atoms with Gasteiger partial charge in [0.15, 0.2) is 0 Å². The van der Waals surface area contributed by atoms with E-state index in [0.717, 1.165) is 28.8 Å². The van der Waals surface area contributed by atoms with Crippen LogP contribution in [0.1, 0.15) is 28.3 Å². The maximum Gasteiger partial charge on any atom is 0.228 e. The Hall–Kier alpha value is -3.43. The molecule has 1 saturated carbocycles. The van der Waals surface area contributed by atoms with Crippen LogP contribution in [0.3, 0.4) is 0 Å². The molecule has 28 heavy (non-hydrogen) atoms. The summed E-state index contributed by atoms with van der Waals surface area (Å²) in [6.07, 6.45) is 0.797. The fraction of sp³-hybridized carbons (Fsp3) is 0.136. The predicted octanol–water partition coefficient (Wildman–Crippen LogP) is 4.31. The second kappa shape index (κ2) is 7.29. The average Bonchev–Trinajstić information content (AvgIpc) is 3.38. The Morgan fingerprint density at radius 1 is 1.21 bits per heavy atom. The van der Waals surface area contributed by atoms with Crippen LogP contribution in [0.15, 0.2) is 60.0 Å². The van der Waals surface area contributed by atoms with Gasteiger partial charge in [-0.2, -0.15) is 5.26 Å². The molecule has 1 aliphatic carbocycles. The summed E-state index contributed by atoms with van der Waals surface area (Å²) < 4.78 is 0. The van der Waals surface area contributed by atoms with E-state index < -0.39 is 0 Å². The number of benzene rings is 2. The van der Waals surface area contributed by atoms with Crippen molar-refractivity contribution in [1.29, 1.82) is 10.7 Å². The Bertz CT molecular complexity index is 1090. The minimum absolute atomic E-state index is 0.000717. The summed E-state index contributed by atoms with van der Waals surface area (Å²) in [5.74, 6) is 0.138. The largest absolute Gasteiger partial charge is 0.384 e. The number of carbonyl (C=O) groups is 1. The highest BCUT2D eigenvalue weighted by Crippen LogP contribution is 2.48. The van der Waals surface area contributed by atoms with E-state index in [1.165, 1.54) is 11.3 Å². The number of amidine groups is 1. The van der Waals surface area contributed by atoms with Gasteiger partial charge < -0.3 is 11.1 Å². The van der Waals surface area contributed by atoms with Gasteiger partial charge in [0.1, 0.15) is 16.8 Å². The van der Waals surface area contributed by atoms with Gasteiger partial charge in [-0.25, -0.2) is 0 Å². The number of nitriles is 1. The van der Waals surface area contributed by atoms with Gasteiger partial charge in [0.05, 0.1) is 0 Å². The quantitative estimate of drug-likeness (QED) is 0.449. The van der Waals surface area contributed by atoms with Crippen LogP contribution in [0.4, 0.5) is 5.69 Å². The number of carbonyl (C=O) groups excluding carboxylic acids is 1. The first kappa shape index (κ1) is 18.0. The summed E-state index contributed by atoms with van der Waals surface area (Å²) in [6.45, 7) is 0. The maximum absolute atomic E-state index is 12.6. The zero-order valence-corrected chi connectivity index (χ0v) is 15.8. The Kier molecular flexibility index (Phi) is 4.68. The standard InChI is InChI=1S/C22H18N4OS/c23-12-20-17(8-9-28-20)13-4-6-16(7-5-13)26-22(27)19-11-18(19)14-2-1-3-15(10-14)21(24)25/h1-10,18-19H,11H2,(H3,24,25)(H,26,27)/t18-,19-/m1/s1. The van der Waals surface area contributed by atoms with Crippen molar-refractivity contribution in [2.45, 2.75) is 12.3 Å². The zero-order chi connectivity index (χ0) is 19.7. The molecule has 1 heterocycles.